The van der Waals surface area contributed by atoms with Gasteiger partial charge >= 0.3 is 0 Å². The second kappa shape index (κ2) is 8.06. The molecule has 1 fully saturated rings. The van der Waals surface area contributed by atoms with Gasteiger partial charge in [0.25, 0.3) is 5.91 Å². The number of aromatic nitrogens is 1. The molecule has 2 aromatic heterocycles. The Morgan fingerprint density at radius 3 is 2.70 bits per heavy atom. The van der Waals surface area contributed by atoms with Crippen LogP contribution in [0.2, 0.25) is 0 Å². The smallest absolute Gasteiger partial charge is 0.276 e. The van der Waals surface area contributed by atoms with Crippen molar-refractivity contribution in [1.29, 1.82) is 0 Å². The highest BCUT2D eigenvalue weighted by Gasteiger charge is 2.27. The molecule has 0 aliphatic carbocycles. The van der Waals surface area contributed by atoms with Crippen molar-refractivity contribution in [3.8, 4) is 10.6 Å². The number of rotatable bonds is 5. The molecule has 3 aromatic rings. The van der Waals surface area contributed by atoms with Gasteiger partial charge in [0.05, 0.1) is 4.88 Å². The minimum Gasteiger partial charge on any atom is -0.355 e. The second-order valence-corrected chi connectivity index (χ2v) is 7.93. The molecule has 6 heteroatoms. The number of thiophene rings is 1. The first-order chi connectivity index (χ1) is 13.2. The number of nitrogens with zero attached hydrogens (tertiary/aromatic N) is 3. The molecule has 0 N–H and O–H groups in total. The zero-order valence-electron chi connectivity index (χ0n) is 15.4. The Morgan fingerprint density at radius 1 is 1.22 bits per heavy atom. The SMILES string of the molecule is CN(Cc1ccccc1)C1CCN(C(=O)c2cc(-c3cccs3)on2)CC1. The molecular weight excluding hydrogens is 358 g/mol. The van der Waals surface area contributed by atoms with E-state index in [1.807, 2.05) is 28.5 Å². The number of benzene rings is 1. The summed E-state index contributed by atoms with van der Waals surface area (Å²) in [7, 11) is 2.17. The lowest BCUT2D eigenvalue weighted by Crippen LogP contribution is -2.45. The van der Waals surface area contributed by atoms with E-state index >= 15 is 0 Å². The summed E-state index contributed by atoms with van der Waals surface area (Å²) in [6.45, 7) is 2.45. The zero-order chi connectivity index (χ0) is 18.6. The van der Waals surface area contributed by atoms with Gasteiger partial charge in [0, 0.05) is 31.7 Å². The third-order valence-corrected chi connectivity index (χ3v) is 6.03. The molecule has 0 bridgehead atoms. The van der Waals surface area contributed by atoms with Gasteiger partial charge in [-0.05, 0) is 36.9 Å². The first kappa shape index (κ1) is 17.9. The molecule has 1 aromatic carbocycles. The molecule has 5 nitrogen and oxygen atoms in total. The van der Waals surface area contributed by atoms with Crippen molar-refractivity contribution in [2.45, 2.75) is 25.4 Å². The average Bonchev–Trinajstić information content (AvgIpc) is 3.40. The Labute approximate surface area is 163 Å². The first-order valence-corrected chi connectivity index (χ1v) is 10.1. The molecule has 1 amide bonds. The van der Waals surface area contributed by atoms with Crippen molar-refractivity contribution in [2.24, 2.45) is 0 Å². The van der Waals surface area contributed by atoms with Crippen LogP contribution >= 0.6 is 11.3 Å². The first-order valence-electron chi connectivity index (χ1n) is 9.25. The maximum absolute atomic E-state index is 12.7. The van der Waals surface area contributed by atoms with E-state index in [9.17, 15) is 4.79 Å². The van der Waals surface area contributed by atoms with Crippen LogP contribution in [-0.4, -0.2) is 47.0 Å². The third-order valence-electron chi connectivity index (χ3n) is 5.14. The van der Waals surface area contributed by atoms with Crippen LogP contribution in [0.25, 0.3) is 10.6 Å². The second-order valence-electron chi connectivity index (χ2n) is 6.98. The van der Waals surface area contributed by atoms with Gasteiger partial charge in [-0.3, -0.25) is 9.69 Å². The van der Waals surface area contributed by atoms with Gasteiger partial charge in [0.15, 0.2) is 11.5 Å². The molecule has 1 saturated heterocycles. The molecule has 27 heavy (non-hydrogen) atoms. The summed E-state index contributed by atoms with van der Waals surface area (Å²) < 4.78 is 5.35. The van der Waals surface area contributed by atoms with Crippen LogP contribution in [0.5, 0.6) is 0 Å². The number of likely N-dealkylation sites (tertiary alicyclic amines) is 1. The van der Waals surface area contributed by atoms with Gasteiger partial charge < -0.3 is 9.42 Å². The largest absolute Gasteiger partial charge is 0.355 e. The predicted octanol–water partition coefficient (Wildman–Crippen LogP) is 4.14. The highest BCUT2D eigenvalue weighted by atomic mass is 32.1. The summed E-state index contributed by atoms with van der Waals surface area (Å²) in [4.78, 5) is 18.0. The summed E-state index contributed by atoms with van der Waals surface area (Å²) in [5.41, 5.74) is 1.72. The minimum absolute atomic E-state index is 0.0364. The molecule has 0 radical (unpaired) electrons. The van der Waals surface area contributed by atoms with E-state index in [0.29, 0.717) is 17.5 Å². The lowest BCUT2D eigenvalue weighted by atomic mass is 10.0. The van der Waals surface area contributed by atoms with E-state index in [1.54, 1.807) is 17.4 Å². The van der Waals surface area contributed by atoms with Gasteiger partial charge in [0.2, 0.25) is 0 Å². The standard InChI is InChI=1S/C21H23N3O2S/c1-23(15-16-6-3-2-4-7-16)17-9-11-24(12-10-17)21(25)18-14-19(26-22-18)20-8-5-13-27-20/h2-8,13-14,17H,9-12,15H2,1H3. The predicted molar refractivity (Wildman–Crippen MR) is 107 cm³/mol. The fourth-order valence-corrected chi connectivity index (χ4v) is 4.26. The van der Waals surface area contributed by atoms with Gasteiger partial charge in [-0.2, -0.15) is 0 Å². The molecule has 0 saturated carbocycles. The Morgan fingerprint density at radius 2 is 2.00 bits per heavy atom. The van der Waals surface area contributed by atoms with Crippen molar-refractivity contribution in [3.63, 3.8) is 0 Å². The summed E-state index contributed by atoms with van der Waals surface area (Å²) >= 11 is 1.58. The lowest BCUT2D eigenvalue weighted by molar-refractivity contribution is 0.0629. The molecule has 1 aliphatic rings. The summed E-state index contributed by atoms with van der Waals surface area (Å²) in [5.74, 6) is 0.622. The molecule has 3 heterocycles. The van der Waals surface area contributed by atoms with Crippen LogP contribution in [0, 0.1) is 0 Å². The van der Waals surface area contributed by atoms with E-state index in [-0.39, 0.29) is 5.91 Å². The summed E-state index contributed by atoms with van der Waals surface area (Å²) in [5, 5.41) is 5.97. The summed E-state index contributed by atoms with van der Waals surface area (Å²) in [6.07, 6.45) is 1.95. The highest BCUT2D eigenvalue weighted by molar-refractivity contribution is 7.13. The van der Waals surface area contributed by atoms with Crippen LogP contribution in [-0.2, 0) is 6.54 Å². The van der Waals surface area contributed by atoms with Crippen LogP contribution in [0.4, 0.5) is 0 Å². The number of amides is 1. The highest BCUT2D eigenvalue weighted by Crippen LogP contribution is 2.26. The lowest BCUT2D eigenvalue weighted by Gasteiger charge is -2.36. The van der Waals surface area contributed by atoms with Crippen molar-refractivity contribution < 1.29 is 9.32 Å². The number of piperidine rings is 1. The van der Waals surface area contributed by atoms with E-state index in [0.717, 1.165) is 37.4 Å². The molecule has 1 aliphatic heterocycles. The van der Waals surface area contributed by atoms with Crippen LogP contribution in [0.3, 0.4) is 0 Å². The Kier molecular flexibility index (Phi) is 5.36. The molecule has 140 valence electrons. The summed E-state index contributed by atoms with van der Waals surface area (Å²) in [6, 6.07) is 16.7. The Balaban J connectivity index is 1.33. The molecule has 0 spiro atoms. The monoisotopic (exact) mass is 381 g/mol. The number of carbonyl (C=O) groups is 1. The maximum atomic E-state index is 12.7. The van der Waals surface area contributed by atoms with E-state index in [1.165, 1.54) is 5.56 Å². The number of hydrogen-bond acceptors (Lipinski definition) is 5. The zero-order valence-corrected chi connectivity index (χ0v) is 16.2. The van der Waals surface area contributed by atoms with Crippen molar-refractivity contribution >= 4 is 17.2 Å². The molecular formula is C21H23N3O2S. The fraction of sp³-hybridized carbons (Fsp3) is 0.333. The van der Waals surface area contributed by atoms with Gasteiger partial charge in [-0.1, -0.05) is 41.6 Å². The van der Waals surface area contributed by atoms with Crippen molar-refractivity contribution in [1.82, 2.24) is 15.0 Å². The van der Waals surface area contributed by atoms with Crippen molar-refractivity contribution in [3.05, 3.63) is 65.2 Å². The number of hydrogen-bond donors (Lipinski definition) is 0. The van der Waals surface area contributed by atoms with Crippen LogP contribution < -0.4 is 0 Å². The minimum atomic E-state index is -0.0364. The fourth-order valence-electron chi connectivity index (χ4n) is 3.58. The third kappa shape index (κ3) is 4.12. The number of carbonyl (C=O) groups excluding carboxylic acids is 1. The average molecular weight is 382 g/mol. The van der Waals surface area contributed by atoms with Gasteiger partial charge in [0.1, 0.15) is 0 Å². The quantitative estimate of drug-likeness (QED) is 0.666. The van der Waals surface area contributed by atoms with E-state index in [2.05, 4.69) is 41.4 Å². The van der Waals surface area contributed by atoms with Gasteiger partial charge in [-0.15, -0.1) is 11.3 Å². The van der Waals surface area contributed by atoms with Crippen LogP contribution in [0.15, 0.2) is 58.4 Å². The Hall–Kier alpha value is -2.44. The van der Waals surface area contributed by atoms with Crippen molar-refractivity contribution in [2.75, 3.05) is 20.1 Å². The Bertz CT molecular complexity index is 868. The van der Waals surface area contributed by atoms with Gasteiger partial charge in [-0.25, -0.2) is 0 Å². The van der Waals surface area contributed by atoms with Crippen LogP contribution in [0.1, 0.15) is 28.9 Å². The molecule has 4 rings (SSSR count). The molecule has 0 unspecified atom stereocenters. The normalized spacial score (nSPS) is 15.4. The topological polar surface area (TPSA) is 49.6 Å². The maximum Gasteiger partial charge on any atom is 0.276 e. The molecule has 0 atom stereocenters. The van der Waals surface area contributed by atoms with E-state index in [4.69, 9.17) is 4.52 Å². The van der Waals surface area contributed by atoms with E-state index < -0.39 is 0 Å².